The van der Waals surface area contributed by atoms with Gasteiger partial charge in [0.25, 0.3) is 0 Å². The average Bonchev–Trinajstić information content (AvgIpc) is 3.21. The number of aromatic nitrogens is 1. The summed E-state index contributed by atoms with van der Waals surface area (Å²) in [6.45, 7) is 5.58. The van der Waals surface area contributed by atoms with E-state index in [1.165, 1.54) is 17.0 Å². The standard InChI is InChI=1S/C19H19FN2O3/c1-12(18-13(2)21-25-14(18)3)19(23)22(11-17-8-5-9-24-17)16-7-4-6-15(20)10-16/h4-10,12H,11H2,1-3H3/t12-/m1/s1. The molecular formula is C19H19FN2O3. The Morgan fingerprint density at radius 1 is 1.28 bits per heavy atom. The molecule has 3 aromatic rings. The van der Waals surface area contributed by atoms with Crippen LogP contribution < -0.4 is 4.90 Å². The molecule has 0 aliphatic carbocycles. The van der Waals surface area contributed by atoms with E-state index in [-0.39, 0.29) is 12.5 Å². The van der Waals surface area contributed by atoms with Crippen LogP contribution in [0.3, 0.4) is 0 Å². The van der Waals surface area contributed by atoms with Crippen LogP contribution in [0.1, 0.15) is 35.6 Å². The third-order valence-electron chi connectivity index (χ3n) is 4.17. The van der Waals surface area contributed by atoms with E-state index in [9.17, 15) is 9.18 Å². The van der Waals surface area contributed by atoms with Gasteiger partial charge in [-0.3, -0.25) is 4.79 Å². The van der Waals surface area contributed by atoms with Crippen molar-refractivity contribution in [3.05, 3.63) is 71.3 Å². The summed E-state index contributed by atoms with van der Waals surface area (Å²) in [6.07, 6.45) is 1.54. The molecule has 0 radical (unpaired) electrons. The number of furan rings is 1. The van der Waals surface area contributed by atoms with Gasteiger partial charge in [0, 0.05) is 11.3 Å². The van der Waals surface area contributed by atoms with E-state index in [4.69, 9.17) is 8.94 Å². The van der Waals surface area contributed by atoms with Crippen LogP contribution in [0, 0.1) is 19.7 Å². The number of carbonyl (C=O) groups excluding carboxylic acids is 1. The summed E-state index contributed by atoms with van der Waals surface area (Å²) in [4.78, 5) is 14.7. The van der Waals surface area contributed by atoms with Gasteiger partial charge in [-0.1, -0.05) is 11.2 Å². The Morgan fingerprint density at radius 3 is 2.68 bits per heavy atom. The minimum atomic E-state index is -0.482. The molecule has 0 fully saturated rings. The first-order valence-electron chi connectivity index (χ1n) is 7.99. The average molecular weight is 342 g/mol. The molecule has 130 valence electrons. The fraction of sp³-hybridized carbons (Fsp3) is 0.263. The topological polar surface area (TPSA) is 59.5 Å². The molecule has 0 saturated carbocycles. The molecule has 5 nitrogen and oxygen atoms in total. The van der Waals surface area contributed by atoms with Gasteiger partial charge in [0.1, 0.15) is 17.3 Å². The molecule has 6 heteroatoms. The first kappa shape index (κ1) is 17.0. The normalized spacial score (nSPS) is 12.2. The third-order valence-corrected chi connectivity index (χ3v) is 4.17. The van der Waals surface area contributed by atoms with Crippen LogP contribution in [0.15, 0.2) is 51.6 Å². The number of benzene rings is 1. The van der Waals surface area contributed by atoms with E-state index in [2.05, 4.69) is 5.16 Å². The number of halogens is 1. The quantitative estimate of drug-likeness (QED) is 0.691. The van der Waals surface area contributed by atoms with Crippen molar-refractivity contribution in [3.8, 4) is 0 Å². The lowest BCUT2D eigenvalue weighted by atomic mass is 9.97. The molecule has 2 heterocycles. The van der Waals surface area contributed by atoms with Gasteiger partial charge in [0.15, 0.2) is 0 Å². The van der Waals surface area contributed by atoms with Crippen molar-refractivity contribution in [2.75, 3.05) is 4.90 Å². The second-order valence-electron chi connectivity index (χ2n) is 5.94. The second-order valence-corrected chi connectivity index (χ2v) is 5.94. The largest absolute Gasteiger partial charge is 0.467 e. The Kier molecular flexibility index (Phi) is 4.70. The second kappa shape index (κ2) is 6.93. The van der Waals surface area contributed by atoms with E-state index >= 15 is 0 Å². The predicted octanol–water partition coefficient (Wildman–Crippen LogP) is 4.36. The Labute approximate surface area is 145 Å². The fourth-order valence-corrected chi connectivity index (χ4v) is 2.96. The number of hydrogen-bond donors (Lipinski definition) is 0. The van der Waals surface area contributed by atoms with E-state index in [0.717, 1.165) is 5.56 Å². The Bertz CT molecular complexity index is 851. The highest BCUT2D eigenvalue weighted by Crippen LogP contribution is 2.28. The van der Waals surface area contributed by atoms with Crippen LogP contribution in [-0.2, 0) is 11.3 Å². The molecule has 0 spiro atoms. The number of nitrogens with zero attached hydrogens (tertiary/aromatic N) is 2. The summed E-state index contributed by atoms with van der Waals surface area (Å²) in [7, 11) is 0. The number of hydrogen-bond acceptors (Lipinski definition) is 4. The van der Waals surface area contributed by atoms with Crippen molar-refractivity contribution in [2.24, 2.45) is 0 Å². The Balaban J connectivity index is 1.97. The summed E-state index contributed by atoms with van der Waals surface area (Å²) < 4.78 is 24.2. The maximum absolute atomic E-state index is 13.7. The van der Waals surface area contributed by atoms with Crippen molar-refractivity contribution in [2.45, 2.75) is 33.2 Å². The zero-order valence-corrected chi connectivity index (χ0v) is 14.3. The fourth-order valence-electron chi connectivity index (χ4n) is 2.96. The number of carbonyl (C=O) groups is 1. The highest BCUT2D eigenvalue weighted by atomic mass is 19.1. The van der Waals surface area contributed by atoms with Gasteiger partial charge < -0.3 is 13.8 Å². The molecule has 0 unspecified atom stereocenters. The highest BCUT2D eigenvalue weighted by Gasteiger charge is 2.28. The molecule has 0 bridgehead atoms. The maximum Gasteiger partial charge on any atom is 0.234 e. The molecule has 1 amide bonds. The lowest BCUT2D eigenvalue weighted by Crippen LogP contribution is -2.34. The molecule has 0 N–H and O–H groups in total. The number of rotatable bonds is 5. The van der Waals surface area contributed by atoms with Gasteiger partial charge >= 0.3 is 0 Å². The molecule has 25 heavy (non-hydrogen) atoms. The monoisotopic (exact) mass is 342 g/mol. The van der Waals surface area contributed by atoms with Crippen LogP contribution in [0.5, 0.6) is 0 Å². The SMILES string of the molecule is Cc1noc(C)c1[C@@H](C)C(=O)N(Cc1ccco1)c1cccc(F)c1. The van der Waals surface area contributed by atoms with E-state index in [1.54, 1.807) is 51.3 Å². The molecule has 1 atom stereocenters. The van der Waals surface area contributed by atoms with Crippen LogP contribution in [0.25, 0.3) is 0 Å². The maximum atomic E-state index is 13.7. The predicted molar refractivity (Wildman–Crippen MR) is 90.7 cm³/mol. The van der Waals surface area contributed by atoms with Gasteiger partial charge in [0.2, 0.25) is 5.91 Å². The zero-order chi connectivity index (χ0) is 18.0. The molecule has 0 aliphatic heterocycles. The molecule has 0 saturated heterocycles. The van der Waals surface area contributed by atoms with Crippen molar-refractivity contribution < 1.29 is 18.1 Å². The lowest BCUT2D eigenvalue weighted by molar-refractivity contribution is -0.119. The molecular weight excluding hydrogens is 323 g/mol. The number of amides is 1. The van der Waals surface area contributed by atoms with Crippen LogP contribution in [-0.4, -0.2) is 11.1 Å². The zero-order valence-electron chi connectivity index (χ0n) is 14.3. The summed E-state index contributed by atoms with van der Waals surface area (Å²) in [6, 6.07) is 9.48. The molecule has 1 aromatic carbocycles. The summed E-state index contributed by atoms with van der Waals surface area (Å²) >= 11 is 0. The van der Waals surface area contributed by atoms with Gasteiger partial charge in [-0.25, -0.2) is 4.39 Å². The highest BCUT2D eigenvalue weighted by molar-refractivity contribution is 5.98. The van der Waals surface area contributed by atoms with Gasteiger partial charge in [-0.15, -0.1) is 0 Å². The van der Waals surface area contributed by atoms with Crippen molar-refractivity contribution >= 4 is 11.6 Å². The molecule has 0 aliphatic rings. The lowest BCUT2D eigenvalue weighted by Gasteiger charge is -2.25. The number of anilines is 1. The van der Waals surface area contributed by atoms with Gasteiger partial charge in [-0.05, 0) is 51.1 Å². The van der Waals surface area contributed by atoms with Crippen molar-refractivity contribution in [1.82, 2.24) is 5.16 Å². The minimum absolute atomic E-state index is 0.184. The van der Waals surface area contributed by atoms with Crippen LogP contribution >= 0.6 is 0 Å². The van der Waals surface area contributed by atoms with Crippen molar-refractivity contribution in [1.29, 1.82) is 0 Å². The van der Waals surface area contributed by atoms with E-state index in [0.29, 0.717) is 22.9 Å². The van der Waals surface area contributed by atoms with Crippen LogP contribution in [0.2, 0.25) is 0 Å². The number of aryl methyl sites for hydroxylation is 2. The first-order chi connectivity index (χ1) is 12.0. The van der Waals surface area contributed by atoms with E-state index < -0.39 is 11.7 Å². The van der Waals surface area contributed by atoms with Crippen LogP contribution in [0.4, 0.5) is 10.1 Å². The van der Waals surface area contributed by atoms with E-state index in [1.807, 2.05) is 0 Å². The molecule has 3 rings (SSSR count). The van der Waals surface area contributed by atoms with Gasteiger partial charge in [0.05, 0.1) is 24.4 Å². The summed E-state index contributed by atoms with van der Waals surface area (Å²) in [5.74, 6) is 0.153. The molecule has 2 aromatic heterocycles. The minimum Gasteiger partial charge on any atom is -0.467 e. The van der Waals surface area contributed by atoms with Crippen molar-refractivity contribution in [3.63, 3.8) is 0 Å². The van der Waals surface area contributed by atoms with Gasteiger partial charge in [-0.2, -0.15) is 0 Å². The Hall–Kier alpha value is -2.89. The Morgan fingerprint density at radius 2 is 2.08 bits per heavy atom. The first-order valence-corrected chi connectivity index (χ1v) is 7.99. The summed E-state index contributed by atoms with van der Waals surface area (Å²) in [5, 5.41) is 3.92. The summed E-state index contributed by atoms with van der Waals surface area (Å²) in [5.41, 5.74) is 1.90. The third kappa shape index (κ3) is 3.47. The smallest absolute Gasteiger partial charge is 0.234 e.